The fraction of sp³-hybridized carbons (Fsp3) is 0.400. The van der Waals surface area contributed by atoms with Crippen LogP contribution in [0.1, 0.15) is 17.3 Å². The van der Waals surface area contributed by atoms with Gasteiger partial charge in [-0.15, -0.1) is 0 Å². The highest BCUT2D eigenvalue weighted by Gasteiger charge is 2.64. The van der Waals surface area contributed by atoms with Crippen molar-refractivity contribution < 1.29 is 42.9 Å². The number of benzene rings is 1. The zero-order valence-corrected chi connectivity index (χ0v) is 17.6. The van der Waals surface area contributed by atoms with Crippen LogP contribution in [0.4, 0.5) is 0 Å². The largest absolute Gasteiger partial charge is 0.496 e. The van der Waals surface area contributed by atoms with Gasteiger partial charge in [0.25, 0.3) is 5.78 Å². The van der Waals surface area contributed by atoms with E-state index in [0.29, 0.717) is 0 Å². The summed E-state index contributed by atoms with van der Waals surface area (Å²) in [4.78, 5) is 50.6. The maximum absolute atomic E-state index is 13.6. The van der Waals surface area contributed by atoms with Gasteiger partial charge < -0.3 is 23.7 Å². The van der Waals surface area contributed by atoms with Crippen LogP contribution in [0.3, 0.4) is 0 Å². The number of carbonyl (C=O) groups is 4. The van der Waals surface area contributed by atoms with Gasteiger partial charge in [-0.3, -0.25) is 14.4 Å². The summed E-state index contributed by atoms with van der Waals surface area (Å²) in [7, 11) is 5.02. The standard InChI is InChI=1S/C20H19ClO9/c1-8-13(16(23)19(25)29-5)9(22)6-12(28-4)20(8)18(24)14-10(26-2)7-11(27-3)15(21)17(14)30-20/h6-8,13H,1-5H3. The number of fused-ring (bicyclic) bond motifs is 1. The number of ketones is 3. The van der Waals surface area contributed by atoms with E-state index in [1.54, 1.807) is 0 Å². The van der Waals surface area contributed by atoms with Gasteiger partial charge in [0.05, 0.1) is 34.4 Å². The second-order valence-corrected chi connectivity index (χ2v) is 7.08. The van der Waals surface area contributed by atoms with E-state index in [0.717, 1.165) is 13.2 Å². The Balaban J connectivity index is 2.25. The predicted molar refractivity (Wildman–Crippen MR) is 102 cm³/mol. The van der Waals surface area contributed by atoms with E-state index in [-0.39, 0.29) is 33.6 Å². The summed E-state index contributed by atoms with van der Waals surface area (Å²) in [5, 5.41) is 0.00826. The number of hydrogen-bond donors (Lipinski definition) is 0. The Bertz CT molecular complexity index is 996. The van der Waals surface area contributed by atoms with E-state index in [1.165, 1.54) is 34.3 Å². The first-order valence-electron chi connectivity index (χ1n) is 8.79. The SMILES string of the molecule is COC(=O)C(=O)C1C(=O)C=C(OC)C2(Oc3c(Cl)c(OC)cc(OC)c3C2=O)C1C. The van der Waals surface area contributed by atoms with Gasteiger partial charge in [0.2, 0.25) is 11.4 Å². The van der Waals surface area contributed by atoms with Crippen molar-refractivity contribution in [2.24, 2.45) is 11.8 Å². The number of hydrogen-bond acceptors (Lipinski definition) is 9. The molecule has 3 rings (SSSR count). The molecule has 1 aliphatic heterocycles. The minimum atomic E-state index is -1.91. The van der Waals surface area contributed by atoms with Crippen molar-refractivity contribution in [1.29, 1.82) is 0 Å². The lowest BCUT2D eigenvalue weighted by Gasteiger charge is -2.39. The fourth-order valence-electron chi connectivity index (χ4n) is 3.89. The average molecular weight is 439 g/mol. The Kier molecular flexibility index (Phi) is 5.51. The van der Waals surface area contributed by atoms with E-state index in [2.05, 4.69) is 4.74 Å². The summed E-state index contributed by atoms with van der Waals surface area (Å²) < 4.78 is 26.3. The minimum absolute atomic E-state index is 0.00826. The lowest BCUT2D eigenvalue weighted by Crippen LogP contribution is -2.57. The molecule has 1 heterocycles. The first-order chi connectivity index (χ1) is 14.2. The third kappa shape index (κ3) is 2.76. The van der Waals surface area contributed by atoms with Crippen molar-refractivity contribution in [2.75, 3.05) is 28.4 Å². The zero-order valence-electron chi connectivity index (χ0n) is 16.9. The van der Waals surface area contributed by atoms with E-state index < -0.39 is 40.8 Å². The number of esters is 1. The topological polar surface area (TPSA) is 114 Å². The molecule has 30 heavy (non-hydrogen) atoms. The highest BCUT2D eigenvalue weighted by Crippen LogP contribution is 2.55. The van der Waals surface area contributed by atoms with Crippen LogP contribution in [0.2, 0.25) is 5.02 Å². The summed E-state index contributed by atoms with van der Waals surface area (Å²) in [5.74, 6) is -6.10. The molecule has 0 amide bonds. The van der Waals surface area contributed by atoms with Crippen LogP contribution in [-0.2, 0) is 23.9 Å². The van der Waals surface area contributed by atoms with Gasteiger partial charge in [-0.25, -0.2) is 4.79 Å². The number of halogens is 1. The Labute approximate surface area is 176 Å². The lowest BCUT2D eigenvalue weighted by atomic mass is 9.68. The Morgan fingerprint density at radius 3 is 2.23 bits per heavy atom. The molecule has 160 valence electrons. The van der Waals surface area contributed by atoms with E-state index in [1.807, 2.05) is 0 Å². The van der Waals surface area contributed by atoms with Crippen LogP contribution in [0, 0.1) is 11.8 Å². The quantitative estimate of drug-likeness (QED) is 0.385. The van der Waals surface area contributed by atoms with Crippen molar-refractivity contribution in [3.8, 4) is 17.2 Å². The molecule has 0 bridgehead atoms. The second kappa shape index (κ2) is 7.64. The Morgan fingerprint density at radius 1 is 1.07 bits per heavy atom. The van der Waals surface area contributed by atoms with Gasteiger partial charge >= 0.3 is 5.97 Å². The molecule has 3 unspecified atom stereocenters. The van der Waals surface area contributed by atoms with Gasteiger partial charge in [0.1, 0.15) is 22.1 Å². The highest BCUT2D eigenvalue weighted by molar-refractivity contribution is 6.40. The van der Waals surface area contributed by atoms with Crippen LogP contribution in [-0.4, -0.2) is 57.4 Å². The van der Waals surface area contributed by atoms with Crippen molar-refractivity contribution in [3.05, 3.63) is 28.5 Å². The zero-order chi connectivity index (χ0) is 22.4. The molecule has 1 aromatic rings. The first kappa shape index (κ1) is 21.6. The third-order valence-electron chi connectivity index (χ3n) is 5.39. The van der Waals surface area contributed by atoms with Gasteiger partial charge in [-0.05, 0) is 0 Å². The molecular weight excluding hydrogens is 420 g/mol. The smallest absolute Gasteiger partial charge is 0.375 e. The third-order valence-corrected chi connectivity index (χ3v) is 5.75. The van der Waals surface area contributed by atoms with Crippen LogP contribution in [0.5, 0.6) is 17.2 Å². The molecule has 0 N–H and O–H groups in total. The van der Waals surface area contributed by atoms with Gasteiger partial charge in [-0.2, -0.15) is 0 Å². The maximum Gasteiger partial charge on any atom is 0.375 e. The molecule has 2 aliphatic rings. The number of methoxy groups -OCH3 is 4. The van der Waals surface area contributed by atoms with E-state index in [9.17, 15) is 19.2 Å². The number of carbonyl (C=O) groups excluding carboxylic acids is 4. The fourth-order valence-corrected chi connectivity index (χ4v) is 4.15. The van der Waals surface area contributed by atoms with Gasteiger partial charge in [0.15, 0.2) is 17.3 Å². The Morgan fingerprint density at radius 2 is 1.70 bits per heavy atom. The van der Waals surface area contributed by atoms with Crippen molar-refractivity contribution in [3.63, 3.8) is 0 Å². The van der Waals surface area contributed by atoms with E-state index in [4.69, 9.17) is 30.5 Å². The van der Waals surface area contributed by atoms with Crippen molar-refractivity contribution >= 4 is 34.9 Å². The molecule has 0 radical (unpaired) electrons. The molecule has 10 heteroatoms. The molecule has 3 atom stereocenters. The molecule has 1 aliphatic carbocycles. The molecule has 0 saturated heterocycles. The van der Waals surface area contributed by atoms with Gasteiger partial charge in [0, 0.05) is 18.1 Å². The lowest BCUT2D eigenvalue weighted by molar-refractivity contribution is -0.157. The van der Waals surface area contributed by atoms with Crippen molar-refractivity contribution in [1.82, 2.24) is 0 Å². The number of Topliss-reactive ketones (excluding diaryl/α,β-unsaturated/α-hetero) is 2. The highest BCUT2D eigenvalue weighted by atomic mass is 35.5. The molecule has 0 fully saturated rings. The first-order valence-corrected chi connectivity index (χ1v) is 9.17. The average Bonchev–Trinajstić information content (AvgIpc) is 3.05. The molecular formula is C20H19ClO9. The molecule has 0 aromatic heterocycles. The predicted octanol–water partition coefficient (Wildman–Crippen LogP) is 1.78. The summed E-state index contributed by atoms with van der Waals surface area (Å²) >= 11 is 6.36. The second-order valence-electron chi connectivity index (χ2n) is 6.70. The molecule has 1 aromatic carbocycles. The summed E-state index contributed by atoms with van der Waals surface area (Å²) in [6.45, 7) is 1.44. The number of rotatable bonds is 5. The van der Waals surface area contributed by atoms with Crippen LogP contribution in [0.15, 0.2) is 17.9 Å². The summed E-state index contributed by atoms with van der Waals surface area (Å²) in [6, 6.07) is 1.42. The van der Waals surface area contributed by atoms with Crippen molar-refractivity contribution in [2.45, 2.75) is 12.5 Å². The maximum atomic E-state index is 13.6. The van der Waals surface area contributed by atoms with Crippen LogP contribution < -0.4 is 14.2 Å². The Hall–Kier alpha value is -3.07. The van der Waals surface area contributed by atoms with E-state index >= 15 is 0 Å². The molecule has 1 spiro atoms. The monoisotopic (exact) mass is 438 g/mol. The van der Waals surface area contributed by atoms with Crippen LogP contribution in [0.25, 0.3) is 0 Å². The minimum Gasteiger partial charge on any atom is -0.496 e. The molecule has 9 nitrogen and oxygen atoms in total. The normalized spacial score (nSPS) is 24.7. The number of ether oxygens (including phenoxy) is 5. The van der Waals surface area contributed by atoms with Crippen LogP contribution >= 0.6 is 11.6 Å². The summed E-state index contributed by atoms with van der Waals surface area (Å²) in [5.41, 5.74) is -1.90. The summed E-state index contributed by atoms with van der Waals surface area (Å²) in [6.07, 6.45) is 0.979. The van der Waals surface area contributed by atoms with Gasteiger partial charge in [-0.1, -0.05) is 18.5 Å². The molecule has 0 saturated carbocycles. The number of allylic oxidation sites excluding steroid dienone is 1.